The highest BCUT2D eigenvalue weighted by atomic mass is 16.5. The second kappa shape index (κ2) is 8.68. The first kappa shape index (κ1) is 20.3. The number of anilines is 1. The van der Waals surface area contributed by atoms with Gasteiger partial charge in [-0.05, 0) is 18.9 Å². The monoisotopic (exact) mass is 394 g/mol. The minimum Gasteiger partial charge on any atom is -0.493 e. The molecule has 0 saturated carbocycles. The topological polar surface area (TPSA) is 94.5 Å². The lowest BCUT2D eigenvalue weighted by Crippen LogP contribution is -2.19. The van der Waals surface area contributed by atoms with Gasteiger partial charge in [0.25, 0.3) is 0 Å². The number of hydrogen-bond donors (Lipinski definition) is 1. The van der Waals surface area contributed by atoms with Gasteiger partial charge in [0.05, 0.1) is 18.0 Å². The van der Waals surface area contributed by atoms with Gasteiger partial charge in [0.15, 0.2) is 5.78 Å². The fraction of sp³-hybridized carbons (Fsp3) is 0.273. The van der Waals surface area contributed by atoms with E-state index in [1.165, 1.54) is 13.0 Å². The first-order chi connectivity index (χ1) is 13.9. The van der Waals surface area contributed by atoms with Crippen molar-refractivity contribution in [3.8, 4) is 0 Å². The number of hydrogen-bond acceptors (Lipinski definition) is 5. The first-order valence-corrected chi connectivity index (χ1v) is 9.36. The number of carbonyl (C=O) groups is 4. The van der Waals surface area contributed by atoms with Crippen LogP contribution in [0, 0.1) is 0 Å². The normalized spacial score (nSPS) is 13.0. The molecule has 1 aromatic heterocycles. The summed E-state index contributed by atoms with van der Waals surface area (Å²) in [6.07, 6.45) is 4.44. The van der Waals surface area contributed by atoms with Gasteiger partial charge in [-0.25, -0.2) is 0 Å². The molecule has 1 aliphatic rings. The van der Waals surface area contributed by atoms with Crippen LogP contribution in [-0.4, -0.2) is 34.4 Å². The molecule has 7 nitrogen and oxygen atoms in total. The van der Waals surface area contributed by atoms with Crippen molar-refractivity contribution in [2.45, 2.75) is 26.2 Å². The maximum absolute atomic E-state index is 12.1. The number of benzene rings is 1. The van der Waals surface area contributed by atoms with Crippen molar-refractivity contribution in [1.82, 2.24) is 4.57 Å². The molecule has 7 heteroatoms. The Kier molecular flexibility index (Phi) is 6.07. The van der Waals surface area contributed by atoms with Gasteiger partial charge in [-0.2, -0.15) is 0 Å². The number of ether oxygens (including phenoxy) is 1. The molecule has 0 radical (unpaired) electrons. The van der Waals surface area contributed by atoms with Gasteiger partial charge in [0, 0.05) is 43.8 Å². The number of allylic oxidation sites excluding steroid dienone is 1. The van der Waals surface area contributed by atoms with E-state index in [-0.39, 0.29) is 11.7 Å². The standard InChI is InChI=1S/C22H22N2O5/c1-14(25)18-11-15(13-24(18)2)23-21(27)9-5-6-10-29-20-12-19(26)22(28)17-8-4-3-7-16(17)20/h3-4,7-8,11-13H,5-6,9-10H2,1-2H3,(H,23,27). The third-order valence-corrected chi connectivity index (χ3v) is 4.63. The quantitative estimate of drug-likeness (QED) is 0.422. The number of ketones is 3. The van der Waals surface area contributed by atoms with Crippen LogP contribution < -0.4 is 5.32 Å². The predicted octanol–water partition coefficient (Wildman–Crippen LogP) is 3.16. The summed E-state index contributed by atoms with van der Waals surface area (Å²) in [7, 11) is 1.75. The first-order valence-electron chi connectivity index (χ1n) is 9.36. The lowest BCUT2D eigenvalue weighted by Gasteiger charge is -2.16. The Morgan fingerprint density at radius 2 is 1.83 bits per heavy atom. The second-order valence-electron chi connectivity index (χ2n) is 6.88. The van der Waals surface area contributed by atoms with Crippen LogP contribution in [0.5, 0.6) is 0 Å². The van der Waals surface area contributed by atoms with Crippen molar-refractivity contribution in [3.05, 3.63) is 59.4 Å². The van der Waals surface area contributed by atoms with E-state index in [1.807, 2.05) is 0 Å². The fourth-order valence-electron chi connectivity index (χ4n) is 3.19. The summed E-state index contributed by atoms with van der Waals surface area (Å²) in [6, 6.07) is 8.49. The molecule has 1 heterocycles. The molecule has 0 unspecified atom stereocenters. The molecular weight excluding hydrogens is 372 g/mol. The molecule has 2 aromatic rings. The zero-order valence-corrected chi connectivity index (χ0v) is 16.4. The van der Waals surface area contributed by atoms with Gasteiger partial charge in [-0.3, -0.25) is 19.2 Å². The Balaban J connectivity index is 1.45. The Hall–Kier alpha value is -3.48. The highest BCUT2D eigenvalue weighted by molar-refractivity contribution is 6.50. The summed E-state index contributed by atoms with van der Waals surface area (Å²) >= 11 is 0. The van der Waals surface area contributed by atoms with E-state index in [4.69, 9.17) is 4.74 Å². The highest BCUT2D eigenvalue weighted by Crippen LogP contribution is 2.26. The zero-order chi connectivity index (χ0) is 21.0. The molecular formula is C22H22N2O5. The van der Waals surface area contributed by atoms with E-state index in [0.29, 0.717) is 54.1 Å². The zero-order valence-electron chi connectivity index (χ0n) is 16.4. The summed E-state index contributed by atoms with van der Waals surface area (Å²) in [6.45, 7) is 1.80. The Morgan fingerprint density at radius 1 is 1.10 bits per heavy atom. The Labute approximate surface area is 168 Å². The van der Waals surface area contributed by atoms with Gasteiger partial charge in [-0.15, -0.1) is 0 Å². The van der Waals surface area contributed by atoms with Crippen molar-refractivity contribution in [1.29, 1.82) is 0 Å². The van der Waals surface area contributed by atoms with Crippen LogP contribution in [0.4, 0.5) is 5.69 Å². The lowest BCUT2D eigenvalue weighted by molar-refractivity contribution is -0.116. The largest absolute Gasteiger partial charge is 0.493 e. The molecule has 3 rings (SSSR count). The van der Waals surface area contributed by atoms with E-state index in [9.17, 15) is 19.2 Å². The van der Waals surface area contributed by atoms with Crippen molar-refractivity contribution in [3.63, 3.8) is 0 Å². The molecule has 29 heavy (non-hydrogen) atoms. The van der Waals surface area contributed by atoms with Gasteiger partial charge in [0.1, 0.15) is 5.76 Å². The number of aromatic nitrogens is 1. The van der Waals surface area contributed by atoms with Crippen LogP contribution in [0.15, 0.2) is 42.6 Å². The highest BCUT2D eigenvalue weighted by Gasteiger charge is 2.26. The van der Waals surface area contributed by atoms with E-state index in [2.05, 4.69) is 5.32 Å². The van der Waals surface area contributed by atoms with Gasteiger partial charge >= 0.3 is 0 Å². The van der Waals surface area contributed by atoms with Gasteiger partial charge in [0.2, 0.25) is 17.5 Å². The smallest absolute Gasteiger partial charge is 0.233 e. The number of Topliss-reactive ketones (excluding diaryl/α,β-unsaturated/α-hetero) is 2. The minimum absolute atomic E-state index is 0.0658. The van der Waals surface area contributed by atoms with Crippen LogP contribution in [0.1, 0.15) is 52.6 Å². The molecule has 0 aliphatic heterocycles. The average molecular weight is 394 g/mol. The van der Waals surface area contributed by atoms with Crippen molar-refractivity contribution in [2.75, 3.05) is 11.9 Å². The third-order valence-electron chi connectivity index (χ3n) is 4.63. The number of carbonyl (C=O) groups excluding carboxylic acids is 4. The number of nitrogens with zero attached hydrogens (tertiary/aromatic N) is 1. The molecule has 0 saturated heterocycles. The van der Waals surface area contributed by atoms with Crippen molar-refractivity contribution < 1.29 is 23.9 Å². The third kappa shape index (κ3) is 4.68. The molecule has 0 fully saturated rings. The maximum Gasteiger partial charge on any atom is 0.233 e. The number of fused-ring (bicyclic) bond motifs is 1. The van der Waals surface area contributed by atoms with Crippen LogP contribution in [0.2, 0.25) is 0 Å². The molecule has 0 spiro atoms. The number of unbranched alkanes of at least 4 members (excludes halogenated alkanes) is 1. The predicted molar refractivity (Wildman–Crippen MR) is 108 cm³/mol. The molecule has 1 aromatic carbocycles. The maximum atomic E-state index is 12.1. The Bertz CT molecular complexity index is 1020. The summed E-state index contributed by atoms with van der Waals surface area (Å²) in [5, 5.41) is 2.78. The number of aryl methyl sites for hydroxylation is 1. The molecule has 1 N–H and O–H groups in total. The number of amides is 1. The van der Waals surface area contributed by atoms with Crippen molar-refractivity contribution in [2.24, 2.45) is 7.05 Å². The Morgan fingerprint density at radius 3 is 2.52 bits per heavy atom. The van der Waals surface area contributed by atoms with Crippen LogP contribution in [0.25, 0.3) is 5.76 Å². The van der Waals surface area contributed by atoms with Gasteiger partial charge < -0.3 is 14.6 Å². The van der Waals surface area contributed by atoms with E-state index in [0.717, 1.165) is 0 Å². The average Bonchev–Trinajstić information content (AvgIpc) is 3.05. The summed E-state index contributed by atoms with van der Waals surface area (Å²) in [5.41, 5.74) is 2.08. The summed E-state index contributed by atoms with van der Waals surface area (Å²) in [5.74, 6) is -0.947. The molecule has 0 bridgehead atoms. The van der Waals surface area contributed by atoms with Crippen LogP contribution >= 0.6 is 0 Å². The summed E-state index contributed by atoms with van der Waals surface area (Å²) < 4.78 is 7.36. The van der Waals surface area contributed by atoms with Crippen LogP contribution in [0.3, 0.4) is 0 Å². The van der Waals surface area contributed by atoms with E-state index >= 15 is 0 Å². The molecule has 0 atom stereocenters. The fourth-order valence-corrected chi connectivity index (χ4v) is 3.19. The molecule has 1 aliphatic carbocycles. The lowest BCUT2D eigenvalue weighted by atomic mass is 9.94. The SMILES string of the molecule is CC(=O)c1cc(NC(=O)CCCCOC2=CC(=O)C(=O)c3ccccc32)cn1C. The summed E-state index contributed by atoms with van der Waals surface area (Å²) in [4.78, 5) is 47.2. The van der Waals surface area contributed by atoms with Crippen LogP contribution in [-0.2, 0) is 21.4 Å². The van der Waals surface area contributed by atoms with E-state index in [1.54, 1.807) is 48.1 Å². The molecule has 1 amide bonds. The second-order valence-corrected chi connectivity index (χ2v) is 6.88. The molecule has 150 valence electrons. The van der Waals surface area contributed by atoms with Crippen molar-refractivity contribution >= 4 is 34.7 Å². The van der Waals surface area contributed by atoms with E-state index < -0.39 is 11.6 Å². The number of nitrogens with one attached hydrogen (secondary N) is 1. The van der Waals surface area contributed by atoms with Gasteiger partial charge in [-0.1, -0.05) is 24.3 Å². The number of rotatable bonds is 8. The minimum atomic E-state index is -0.592.